The summed E-state index contributed by atoms with van der Waals surface area (Å²) in [6, 6.07) is 14.1. The van der Waals surface area contributed by atoms with Crippen LogP contribution in [-0.2, 0) is 0 Å². The smallest absolute Gasteiger partial charge is 0.273 e. The highest BCUT2D eigenvalue weighted by atomic mass is 35.5. The van der Waals surface area contributed by atoms with Crippen molar-refractivity contribution in [2.75, 3.05) is 7.05 Å². The second-order valence-electron chi connectivity index (χ2n) is 8.08. The molecule has 0 N–H and O–H groups in total. The molecule has 1 aromatic heterocycles. The minimum atomic E-state index is -0.746. The van der Waals surface area contributed by atoms with Crippen molar-refractivity contribution in [3.05, 3.63) is 109 Å². The molecule has 0 fully saturated rings. The molecule has 0 saturated heterocycles. The number of aryl methyl sites for hydroxylation is 1. The van der Waals surface area contributed by atoms with Crippen molar-refractivity contribution in [2.24, 2.45) is 0 Å². The number of benzene rings is 3. The Morgan fingerprint density at radius 1 is 1.17 bits per heavy atom. The molecule has 1 amide bonds. The molecule has 1 atom stereocenters. The van der Waals surface area contributed by atoms with Gasteiger partial charge in [0.05, 0.1) is 32.6 Å². The lowest BCUT2D eigenvalue weighted by atomic mass is 10.1. The van der Waals surface area contributed by atoms with Crippen LogP contribution in [0.1, 0.15) is 34.7 Å². The van der Waals surface area contributed by atoms with Gasteiger partial charge in [-0.15, -0.1) is 0 Å². The number of nitrogens with zero attached hydrogens (tertiary/aromatic N) is 4. The molecule has 0 spiro atoms. The van der Waals surface area contributed by atoms with Crippen LogP contribution in [0, 0.1) is 22.9 Å². The predicted octanol–water partition coefficient (Wildman–Crippen LogP) is 5.23. The summed E-state index contributed by atoms with van der Waals surface area (Å²) in [6.45, 7) is 3.27. The summed E-state index contributed by atoms with van der Waals surface area (Å²) < 4.78 is 15.1. The number of halogens is 2. The molecule has 0 saturated carbocycles. The van der Waals surface area contributed by atoms with Gasteiger partial charge in [0.15, 0.2) is 0 Å². The van der Waals surface area contributed by atoms with Gasteiger partial charge in [0.1, 0.15) is 11.6 Å². The van der Waals surface area contributed by atoms with E-state index in [1.54, 1.807) is 38.1 Å². The van der Waals surface area contributed by atoms with Gasteiger partial charge in [0.25, 0.3) is 17.2 Å². The average molecular weight is 495 g/mol. The van der Waals surface area contributed by atoms with Gasteiger partial charge in [-0.1, -0.05) is 29.8 Å². The Labute approximate surface area is 204 Å². The van der Waals surface area contributed by atoms with Crippen molar-refractivity contribution in [2.45, 2.75) is 19.9 Å². The van der Waals surface area contributed by atoms with E-state index in [1.165, 1.54) is 46.8 Å². The summed E-state index contributed by atoms with van der Waals surface area (Å²) >= 11 is 5.98. The Bertz CT molecular complexity index is 1550. The third-order valence-corrected chi connectivity index (χ3v) is 6.18. The maximum atomic E-state index is 13.8. The number of carbonyl (C=O) groups is 1. The monoisotopic (exact) mass is 494 g/mol. The number of nitro benzene ring substituents is 1. The number of rotatable bonds is 5. The SMILES string of the molecule is Cc1ccc(C(=O)N(C)C(C)c2nc3ccccc3c(=O)n2-c2ccc(F)c(Cl)c2)cc1[N+](=O)[O-]. The van der Waals surface area contributed by atoms with Gasteiger partial charge in [-0.25, -0.2) is 9.37 Å². The van der Waals surface area contributed by atoms with Gasteiger partial charge in [-0.05, 0) is 50.2 Å². The first kappa shape index (κ1) is 24.0. The lowest BCUT2D eigenvalue weighted by Crippen LogP contribution is -2.35. The van der Waals surface area contributed by atoms with E-state index in [2.05, 4.69) is 4.98 Å². The Morgan fingerprint density at radius 2 is 1.89 bits per heavy atom. The number of carbonyl (C=O) groups excluding carboxylic acids is 1. The van der Waals surface area contributed by atoms with Crippen LogP contribution in [0.25, 0.3) is 16.6 Å². The first-order chi connectivity index (χ1) is 16.6. The van der Waals surface area contributed by atoms with Crippen LogP contribution in [0.3, 0.4) is 0 Å². The summed E-state index contributed by atoms with van der Waals surface area (Å²) in [5, 5.41) is 11.5. The fourth-order valence-electron chi connectivity index (χ4n) is 3.80. The zero-order valence-electron chi connectivity index (χ0n) is 19.0. The predicted molar refractivity (Wildman–Crippen MR) is 131 cm³/mol. The molecular formula is C25H20ClFN4O4. The van der Waals surface area contributed by atoms with Crippen LogP contribution in [-0.4, -0.2) is 32.3 Å². The van der Waals surface area contributed by atoms with Gasteiger partial charge in [0.2, 0.25) is 0 Å². The maximum absolute atomic E-state index is 13.8. The average Bonchev–Trinajstić information content (AvgIpc) is 2.84. The third-order valence-electron chi connectivity index (χ3n) is 5.89. The number of amides is 1. The Hall–Kier alpha value is -4.11. The van der Waals surface area contributed by atoms with Crippen molar-refractivity contribution in [3.63, 3.8) is 0 Å². The largest absolute Gasteiger partial charge is 0.332 e. The molecule has 0 bridgehead atoms. The number of fused-ring (bicyclic) bond motifs is 1. The summed E-state index contributed by atoms with van der Waals surface area (Å²) in [5.41, 5.74) is 0.686. The van der Waals surface area contributed by atoms with Crippen molar-refractivity contribution in [3.8, 4) is 5.69 Å². The van der Waals surface area contributed by atoms with E-state index in [-0.39, 0.29) is 27.8 Å². The molecule has 1 unspecified atom stereocenters. The van der Waals surface area contributed by atoms with E-state index in [0.717, 1.165) is 6.07 Å². The molecule has 4 aromatic rings. The Balaban J connectivity index is 1.86. The fraction of sp³-hybridized carbons (Fsp3) is 0.160. The quantitative estimate of drug-likeness (QED) is 0.279. The van der Waals surface area contributed by atoms with Crippen LogP contribution in [0.5, 0.6) is 0 Å². The van der Waals surface area contributed by atoms with Gasteiger partial charge in [-0.2, -0.15) is 0 Å². The van der Waals surface area contributed by atoms with Crippen LogP contribution in [0.4, 0.5) is 10.1 Å². The maximum Gasteiger partial charge on any atom is 0.273 e. The third kappa shape index (κ3) is 4.38. The van der Waals surface area contributed by atoms with Gasteiger partial charge in [0, 0.05) is 24.2 Å². The first-order valence-electron chi connectivity index (χ1n) is 10.6. The molecule has 8 nitrogen and oxygen atoms in total. The van der Waals surface area contributed by atoms with Crippen LogP contribution in [0.15, 0.2) is 65.5 Å². The zero-order chi connectivity index (χ0) is 25.4. The van der Waals surface area contributed by atoms with Crippen LogP contribution >= 0.6 is 11.6 Å². The summed E-state index contributed by atoms with van der Waals surface area (Å²) in [5.74, 6) is -0.916. The zero-order valence-corrected chi connectivity index (χ0v) is 19.8. The van der Waals surface area contributed by atoms with E-state index < -0.39 is 28.2 Å². The standard InChI is InChI=1S/C25H20ClFN4O4/c1-14-8-9-16(12-22(14)31(34)35)24(32)29(3)15(2)23-28-21-7-5-4-6-18(21)25(33)30(23)17-10-11-20(27)19(26)13-17/h4-13,15H,1-3H3. The Morgan fingerprint density at radius 3 is 2.57 bits per heavy atom. The molecule has 0 radical (unpaired) electrons. The second kappa shape index (κ2) is 9.27. The van der Waals surface area contributed by atoms with Crippen molar-refractivity contribution in [1.82, 2.24) is 14.5 Å². The summed E-state index contributed by atoms with van der Waals surface area (Å²) in [4.78, 5) is 43.5. The molecule has 3 aromatic carbocycles. The van der Waals surface area contributed by atoms with Crippen molar-refractivity contribution in [1.29, 1.82) is 0 Å². The summed E-state index contributed by atoms with van der Waals surface area (Å²) in [7, 11) is 1.52. The molecular weight excluding hydrogens is 475 g/mol. The second-order valence-corrected chi connectivity index (χ2v) is 8.48. The first-order valence-corrected chi connectivity index (χ1v) is 11.0. The van der Waals surface area contributed by atoms with Gasteiger partial charge < -0.3 is 4.90 Å². The lowest BCUT2D eigenvalue weighted by molar-refractivity contribution is -0.385. The number of hydrogen-bond acceptors (Lipinski definition) is 5. The van der Waals surface area contributed by atoms with E-state index in [0.29, 0.717) is 16.5 Å². The Kier molecular flexibility index (Phi) is 6.36. The number of hydrogen-bond donors (Lipinski definition) is 0. The van der Waals surface area contributed by atoms with Crippen LogP contribution < -0.4 is 5.56 Å². The summed E-state index contributed by atoms with van der Waals surface area (Å²) in [6.07, 6.45) is 0. The molecule has 10 heteroatoms. The normalized spacial score (nSPS) is 11.9. The van der Waals surface area contributed by atoms with E-state index >= 15 is 0 Å². The van der Waals surface area contributed by atoms with Gasteiger partial charge >= 0.3 is 0 Å². The lowest BCUT2D eigenvalue weighted by Gasteiger charge is -2.27. The molecule has 1 heterocycles. The molecule has 0 aliphatic rings. The molecule has 0 aliphatic heterocycles. The molecule has 178 valence electrons. The highest BCUT2D eigenvalue weighted by molar-refractivity contribution is 6.30. The minimum Gasteiger partial charge on any atom is -0.332 e. The topological polar surface area (TPSA) is 98.3 Å². The van der Waals surface area contributed by atoms with Crippen LogP contribution in [0.2, 0.25) is 5.02 Å². The van der Waals surface area contributed by atoms with E-state index in [1.807, 2.05) is 0 Å². The number of nitro groups is 1. The highest BCUT2D eigenvalue weighted by Crippen LogP contribution is 2.27. The van der Waals surface area contributed by atoms with Crippen molar-refractivity contribution >= 4 is 34.1 Å². The molecule has 0 aliphatic carbocycles. The fourth-order valence-corrected chi connectivity index (χ4v) is 3.97. The number of aromatic nitrogens is 2. The molecule has 4 rings (SSSR count). The van der Waals surface area contributed by atoms with Gasteiger partial charge in [-0.3, -0.25) is 24.3 Å². The van der Waals surface area contributed by atoms with Crippen molar-refractivity contribution < 1.29 is 14.1 Å². The minimum absolute atomic E-state index is 0.121. The van der Waals surface area contributed by atoms with E-state index in [4.69, 9.17) is 11.6 Å². The van der Waals surface area contributed by atoms with E-state index in [9.17, 15) is 24.1 Å². The number of para-hydroxylation sites is 1. The molecule has 35 heavy (non-hydrogen) atoms. The highest BCUT2D eigenvalue weighted by Gasteiger charge is 2.26.